The molecule has 1 atom stereocenters. The highest BCUT2D eigenvalue weighted by Gasteiger charge is 2.33. The minimum Gasteiger partial charge on any atom is -0.481 e. The van der Waals surface area contributed by atoms with Gasteiger partial charge >= 0.3 is 12.1 Å². The number of carbonyl (C=O) groups excluding carboxylic acids is 2. The number of benzene rings is 3. The van der Waals surface area contributed by atoms with Crippen LogP contribution in [0, 0.1) is 11.8 Å². The van der Waals surface area contributed by atoms with Gasteiger partial charge in [0.2, 0.25) is 5.91 Å². The lowest BCUT2D eigenvalue weighted by Gasteiger charge is -2.35. The molecule has 5 rings (SSSR count). The molecule has 3 aromatic rings. The van der Waals surface area contributed by atoms with Gasteiger partial charge in [0.25, 0.3) is 0 Å². The maximum absolute atomic E-state index is 13.3. The van der Waals surface area contributed by atoms with E-state index in [0.29, 0.717) is 19.6 Å². The Morgan fingerprint density at radius 1 is 0.902 bits per heavy atom. The van der Waals surface area contributed by atoms with Crippen molar-refractivity contribution < 1.29 is 24.2 Å². The van der Waals surface area contributed by atoms with Crippen molar-refractivity contribution in [2.75, 3.05) is 26.7 Å². The highest BCUT2D eigenvalue weighted by molar-refractivity contribution is 5.86. The zero-order valence-corrected chi connectivity index (χ0v) is 23.3. The van der Waals surface area contributed by atoms with Gasteiger partial charge in [-0.25, -0.2) is 4.79 Å². The summed E-state index contributed by atoms with van der Waals surface area (Å²) in [6.45, 7) is 1.55. The molecule has 214 valence electrons. The van der Waals surface area contributed by atoms with Crippen LogP contribution in [0.4, 0.5) is 4.79 Å². The van der Waals surface area contributed by atoms with Crippen LogP contribution in [-0.4, -0.2) is 60.8 Å². The van der Waals surface area contributed by atoms with Crippen LogP contribution in [0.1, 0.15) is 41.9 Å². The predicted molar refractivity (Wildman–Crippen MR) is 156 cm³/mol. The van der Waals surface area contributed by atoms with Gasteiger partial charge in [0.1, 0.15) is 12.6 Å². The summed E-state index contributed by atoms with van der Waals surface area (Å²) < 4.78 is 5.72. The topological polar surface area (TPSA) is 108 Å². The summed E-state index contributed by atoms with van der Waals surface area (Å²) in [5.74, 6) is -0.716. The number of carboxylic acid groups (broad SMARTS) is 1. The second kappa shape index (κ2) is 13.0. The fourth-order valence-corrected chi connectivity index (χ4v) is 6.07. The SMILES string of the molecule is CN(Cc1ccccc1)CC(NC(=O)OCC1c2ccccc2-c2ccccc21)C(=O)NCC1CC(CC(=O)O)C1. The van der Waals surface area contributed by atoms with E-state index in [1.807, 2.05) is 66.5 Å². The molecular weight excluding hydrogens is 518 g/mol. The molecule has 1 saturated carbocycles. The van der Waals surface area contributed by atoms with Crippen molar-refractivity contribution in [2.24, 2.45) is 11.8 Å². The lowest BCUT2D eigenvalue weighted by Crippen LogP contribution is -2.53. The van der Waals surface area contributed by atoms with Crippen molar-refractivity contribution in [3.8, 4) is 11.1 Å². The Morgan fingerprint density at radius 3 is 2.15 bits per heavy atom. The highest BCUT2D eigenvalue weighted by Crippen LogP contribution is 2.44. The highest BCUT2D eigenvalue weighted by atomic mass is 16.5. The van der Waals surface area contributed by atoms with Gasteiger partial charge in [-0.3, -0.25) is 14.5 Å². The predicted octanol–water partition coefficient (Wildman–Crippen LogP) is 4.64. The Morgan fingerprint density at radius 2 is 1.51 bits per heavy atom. The monoisotopic (exact) mass is 555 g/mol. The molecule has 0 radical (unpaired) electrons. The van der Waals surface area contributed by atoms with Crippen LogP contribution in [0.3, 0.4) is 0 Å². The van der Waals surface area contributed by atoms with Crippen LogP contribution in [0.15, 0.2) is 78.9 Å². The summed E-state index contributed by atoms with van der Waals surface area (Å²) in [6, 6.07) is 25.4. The number of fused-ring (bicyclic) bond motifs is 3. The van der Waals surface area contributed by atoms with E-state index in [-0.39, 0.29) is 36.7 Å². The molecule has 8 nitrogen and oxygen atoms in total. The van der Waals surface area contributed by atoms with Crippen molar-refractivity contribution in [3.05, 3.63) is 95.6 Å². The summed E-state index contributed by atoms with van der Waals surface area (Å²) in [5, 5.41) is 14.8. The quantitative estimate of drug-likeness (QED) is 0.301. The van der Waals surface area contributed by atoms with Crippen molar-refractivity contribution in [1.29, 1.82) is 0 Å². The second-order valence-electron chi connectivity index (χ2n) is 11.3. The van der Waals surface area contributed by atoms with E-state index in [0.717, 1.165) is 40.7 Å². The minimum atomic E-state index is -0.811. The molecule has 0 saturated heterocycles. The van der Waals surface area contributed by atoms with Gasteiger partial charge in [-0.2, -0.15) is 0 Å². The van der Waals surface area contributed by atoms with Crippen LogP contribution in [0.25, 0.3) is 11.1 Å². The van der Waals surface area contributed by atoms with Crippen molar-refractivity contribution in [1.82, 2.24) is 15.5 Å². The normalized spacial score (nSPS) is 18.1. The van der Waals surface area contributed by atoms with E-state index in [9.17, 15) is 14.4 Å². The molecule has 3 N–H and O–H groups in total. The number of aliphatic carboxylic acids is 1. The molecule has 3 aromatic carbocycles. The number of alkyl carbamates (subject to hydrolysis) is 1. The maximum Gasteiger partial charge on any atom is 0.407 e. The summed E-state index contributed by atoms with van der Waals surface area (Å²) in [7, 11) is 1.91. The Labute approximate surface area is 240 Å². The molecule has 0 spiro atoms. The van der Waals surface area contributed by atoms with Gasteiger partial charge in [-0.1, -0.05) is 78.9 Å². The standard InChI is InChI=1S/C33H37N3O5/c1-36(19-22-9-3-2-4-10-22)20-30(32(39)34-18-24-15-23(16-24)17-31(37)38)35-33(40)41-21-29-27-13-7-5-11-25(27)26-12-6-8-14-28(26)29/h2-14,23-24,29-30H,15-21H2,1H3,(H,34,39)(H,35,40)(H,37,38). The van der Waals surface area contributed by atoms with Crippen LogP contribution in [0.2, 0.25) is 0 Å². The average Bonchev–Trinajstić information content (AvgIpc) is 3.26. The zero-order chi connectivity index (χ0) is 28.8. The molecule has 2 amide bonds. The molecule has 41 heavy (non-hydrogen) atoms. The minimum absolute atomic E-state index is 0.0708. The number of rotatable bonds is 12. The third-order valence-electron chi connectivity index (χ3n) is 8.10. The lowest BCUT2D eigenvalue weighted by atomic mass is 9.73. The van der Waals surface area contributed by atoms with Crippen LogP contribution < -0.4 is 10.6 Å². The van der Waals surface area contributed by atoms with Crippen molar-refractivity contribution in [3.63, 3.8) is 0 Å². The zero-order valence-electron chi connectivity index (χ0n) is 23.3. The fourth-order valence-electron chi connectivity index (χ4n) is 6.07. The molecular formula is C33H37N3O5. The molecule has 1 unspecified atom stereocenters. The molecule has 2 aliphatic rings. The number of hydrogen-bond donors (Lipinski definition) is 3. The van der Waals surface area contributed by atoms with Gasteiger partial charge < -0.3 is 20.5 Å². The number of amides is 2. The number of carbonyl (C=O) groups is 3. The first-order valence-corrected chi connectivity index (χ1v) is 14.2. The first kappa shape index (κ1) is 28.4. The van der Waals surface area contributed by atoms with Crippen LogP contribution in [-0.2, 0) is 20.9 Å². The number of carboxylic acids is 1. The Kier molecular flexibility index (Phi) is 8.99. The van der Waals surface area contributed by atoms with Gasteiger partial charge in [0.05, 0.1) is 0 Å². The van der Waals surface area contributed by atoms with Crippen molar-refractivity contribution in [2.45, 2.75) is 37.8 Å². The van der Waals surface area contributed by atoms with Gasteiger partial charge in [0, 0.05) is 32.0 Å². The molecule has 0 heterocycles. The van der Waals surface area contributed by atoms with E-state index < -0.39 is 18.1 Å². The molecule has 8 heteroatoms. The Bertz CT molecular complexity index is 1330. The van der Waals surface area contributed by atoms with E-state index in [2.05, 4.69) is 34.9 Å². The summed E-state index contributed by atoms with van der Waals surface area (Å²) in [6.07, 6.45) is 1.10. The lowest BCUT2D eigenvalue weighted by molar-refractivity contribution is -0.139. The largest absolute Gasteiger partial charge is 0.481 e. The summed E-state index contributed by atoms with van der Waals surface area (Å²) in [5.41, 5.74) is 5.66. The van der Waals surface area contributed by atoms with E-state index >= 15 is 0 Å². The average molecular weight is 556 g/mol. The summed E-state index contributed by atoms with van der Waals surface area (Å²) >= 11 is 0. The summed E-state index contributed by atoms with van der Waals surface area (Å²) in [4.78, 5) is 39.2. The third-order valence-corrected chi connectivity index (χ3v) is 8.10. The van der Waals surface area contributed by atoms with Crippen LogP contribution in [0.5, 0.6) is 0 Å². The molecule has 2 aliphatic carbocycles. The third kappa shape index (κ3) is 7.13. The smallest absolute Gasteiger partial charge is 0.407 e. The van der Waals surface area contributed by atoms with Gasteiger partial charge in [0.15, 0.2) is 0 Å². The van der Waals surface area contributed by atoms with Crippen molar-refractivity contribution >= 4 is 18.0 Å². The fraction of sp³-hybridized carbons (Fsp3) is 0.364. The van der Waals surface area contributed by atoms with Gasteiger partial charge in [-0.15, -0.1) is 0 Å². The number of hydrogen-bond acceptors (Lipinski definition) is 5. The number of nitrogens with zero attached hydrogens (tertiary/aromatic N) is 1. The molecule has 0 aliphatic heterocycles. The second-order valence-corrected chi connectivity index (χ2v) is 11.3. The first-order valence-electron chi connectivity index (χ1n) is 14.2. The van der Waals surface area contributed by atoms with E-state index in [1.165, 1.54) is 0 Å². The molecule has 0 bridgehead atoms. The van der Waals surface area contributed by atoms with Gasteiger partial charge in [-0.05, 0) is 59.5 Å². The first-order chi connectivity index (χ1) is 19.9. The van der Waals surface area contributed by atoms with E-state index in [1.54, 1.807) is 0 Å². The Balaban J connectivity index is 1.20. The number of ether oxygens (including phenoxy) is 1. The molecule has 0 aromatic heterocycles. The maximum atomic E-state index is 13.3. The Hall–Kier alpha value is -4.17. The number of likely N-dealkylation sites (N-methyl/N-ethyl adjacent to an activating group) is 1. The van der Waals surface area contributed by atoms with Crippen LogP contribution >= 0.6 is 0 Å². The number of nitrogens with one attached hydrogen (secondary N) is 2. The molecule has 1 fully saturated rings. The van der Waals surface area contributed by atoms with E-state index in [4.69, 9.17) is 9.84 Å².